The highest BCUT2D eigenvalue weighted by atomic mass is 19.1. The lowest BCUT2D eigenvalue weighted by Gasteiger charge is -2.36. The summed E-state index contributed by atoms with van der Waals surface area (Å²) in [7, 11) is 1.79. The molecule has 104 valence electrons. The molecule has 1 amide bonds. The summed E-state index contributed by atoms with van der Waals surface area (Å²) in [6, 6.07) is 4.04. The third-order valence-electron chi connectivity index (χ3n) is 3.18. The van der Waals surface area contributed by atoms with Gasteiger partial charge in [-0.15, -0.1) is 0 Å². The van der Waals surface area contributed by atoms with Crippen molar-refractivity contribution in [1.82, 2.24) is 5.32 Å². The van der Waals surface area contributed by atoms with Crippen molar-refractivity contribution < 1.29 is 13.9 Å². The maximum Gasteiger partial charge on any atom is 0.242 e. The Morgan fingerprint density at radius 2 is 2.42 bits per heavy atom. The largest absolute Gasteiger partial charge is 0.377 e. The number of hydrogen-bond acceptors (Lipinski definition) is 4. The highest BCUT2D eigenvalue weighted by Crippen LogP contribution is 2.25. The summed E-state index contributed by atoms with van der Waals surface area (Å²) in [5, 5.41) is 2.99. The number of benzene rings is 1. The fourth-order valence-corrected chi connectivity index (χ4v) is 2.29. The van der Waals surface area contributed by atoms with Crippen LogP contribution in [0.3, 0.4) is 0 Å². The van der Waals surface area contributed by atoms with Gasteiger partial charge in [-0.25, -0.2) is 4.39 Å². The number of ether oxygens (including phenoxy) is 1. The molecule has 1 aromatic carbocycles. The molecule has 1 aliphatic heterocycles. The molecule has 19 heavy (non-hydrogen) atoms. The molecule has 2 rings (SSSR count). The van der Waals surface area contributed by atoms with Gasteiger partial charge in [0.05, 0.1) is 13.2 Å². The molecule has 5 nitrogen and oxygen atoms in total. The van der Waals surface area contributed by atoms with E-state index in [-0.39, 0.29) is 12.4 Å². The fourth-order valence-electron chi connectivity index (χ4n) is 2.29. The van der Waals surface area contributed by atoms with Crippen LogP contribution < -0.4 is 16.0 Å². The zero-order valence-electron chi connectivity index (χ0n) is 10.9. The molecule has 1 atom stereocenters. The molecule has 1 fully saturated rings. The maximum absolute atomic E-state index is 13.3. The van der Waals surface area contributed by atoms with Gasteiger partial charge >= 0.3 is 0 Å². The summed E-state index contributed by atoms with van der Waals surface area (Å²) in [6.45, 7) is 1.89. The minimum atomic E-state index is -0.505. The van der Waals surface area contributed by atoms with Gasteiger partial charge in [-0.1, -0.05) is 0 Å². The van der Waals surface area contributed by atoms with Crippen molar-refractivity contribution in [1.29, 1.82) is 0 Å². The van der Waals surface area contributed by atoms with E-state index in [0.29, 0.717) is 19.7 Å². The van der Waals surface area contributed by atoms with Crippen LogP contribution in [0.5, 0.6) is 0 Å². The number of primary amides is 1. The molecule has 1 aliphatic rings. The highest BCUT2D eigenvalue weighted by molar-refractivity contribution is 5.84. The highest BCUT2D eigenvalue weighted by Gasteiger charge is 2.29. The summed E-state index contributed by atoms with van der Waals surface area (Å²) < 4.78 is 18.6. The average molecular weight is 267 g/mol. The van der Waals surface area contributed by atoms with Crippen LogP contribution in [-0.2, 0) is 16.1 Å². The third-order valence-corrected chi connectivity index (χ3v) is 3.18. The van der Waals surface area contributed by atoms with Crippen molar-refractivity contribution in [3.05, 3.63) is 29.6 Å². The molecule has 6 heteroatoms. The van der Waals surface area contributed by atoms with Crippen molar-refractivity contribution in [3.8, 4) is 0 Å². The molecule has 1 unspecified atom stereocenters. The van der Waals surface area contributed by atoms with E-state index in [1.807, 2.05) is 4.90 Å². The average Bonchev–Trinajstić information content (AvgIpc) is 2.39. The summed E-state index contributed by atoms with van der Waals surface area (Å²) in [6.07, 6.45) is 0. The number of anilines is 1. The van der Waals surface area contributed by atoms with Crippen LogP contribution in [0.4, 0.5) is 10.1 Å². The van der Waals surface area contributed by atoms with Crippen molar-refractivity contribution in [2.45, 2.75) is 12.6 Å². The third kappa shape index (κ3) is 3.02. The zero-order valence-corrected chi connectivity index (χ0v) is 10.9. The molecule has 0 spiro atoms. The second kappa shape index (κ2) is 5.99. The molecule has 0 aliphatic carbocycles. The van der Waals surface area contributed by atoms with Crippen LogP contribution in [0.2, 0.25) is 0 Å². The van der Waals surface area contributed by atoms with E-state index in [0.717, 1.165) is 11.3 Å². The van der Waals surface area contributed by atoms with Gasteiger partial charge < -0.3 is 20.7 Å². The van der Waals surface area contributed by atoms with Gasteiger partial charge in [0.2, 0.25) is 5.91 Å². The second-order valence-corrected chi connectivity index (χ2v) is 4.49. The number of morpholine rings is 1. The molecule has 1 aromatic rings. The van der Waals surface area contributed by atoms with Crippen LogP contribution in [-0.4, -0.2) is 38.8 Å². The summed E-state index contributed by atoms with van der Waals surface area (Å²) in [5.74, 6) is -0.725. The Bertz CT molecular complexity index is 467. The zero-order chi connectivity index (χ0) is 13.8. The first-order valence-electron chi connectivity index (χ1n) is 6.20. The number of rotatable bonds is 4. The number of hydrogen-bond donors (Lipinski definition) is 2. The minimum absolute atomic E-state index is 0.270. The Morgan fingerprint density at radius 3 is 3.11 bits per heavy atom. The Balaban J connectivity index is 2.35. The van der Waals surface area contributed by atoms with Gasteiger partial charge in [-0.05, 0) is 30.8 Å². The number of halogens is 1. The summed E-state index contributed by atoms with van der Waals surface area (Å²) in [4.78, 5) is 13.4. The van der Waals surface area contributed by atoms with E-state index in [1.165, 1.54) is 12.1 Å². The Kier molecular flexibility index (Phi) is 4.34. The van der Waals surface area contributed by atoms with Crippen molar-refractivity contribution in [3.63, 3.8) is 0 Å². The quantitative estimate of drug-likeness (QED) is 0.820. The lowest BCUT2D eigenvalue weighted by molar-refractivity contribution is -0.121. The second-order valence-electron chi connectivity index (χ2n) is 4.49. The standard InChI is InChI=1S/C13H18FN3O2/c1-16-7-9-6-10(14)2-3-11(9)17-4-5-19-8-12(17)13(15)18/h2-3,6,12,16H,4-5,7-8H2,1H3,(H2,15,18). The number of amides is 1. The fraction of sp³-hybridized carbons (Fsp3) is 0.462. The molecule has 0 bridgehead atoms. The summed E-state index contributed by atoms with van der Waals surface area (Å²) >= 11 is 0. The van der Waals surface area contributed by atoms with E-state index in [4.69, 9.17) is 10.5 Å². The van der Waals surface area contributed by atoms with Crippen LogP contribution in [0.1, 0.15) is 5.56 Å². The normalized spacial score (nSPS) is 19.5. The van der Waals surface area contributed by atoms with Gasteiger partial charge in [0.15, 0.2) is 0 Å². The Hall–Kier alpha value is -1.66. The minimum Gasteiger partial charge on any atom is -0.377 e. The smallest absolute Gasteiger partial charge is 0.242 e. The van der Waals surface area contributed by atoms with Crippen molar-refractivity contribution in [2.24, 2.45) is 5.73 Å². The number of carbonyl (C=O) groups excluding carboxylic acids is 1. The number of carbonyl (C=O) groups is 1. The van der Waals surface area contributed by atoms with E-state index in [1.54, 1.807) is 13.1 Å². The molecule has 1 heterocycles. The predicted octanol–water partition coefficient (Wildman–Crippen LogP) is 0.236. The van der Waals surface area contributed by atoms with Crippen LogP contribution in [0.25, 0.3) is 0 Å². The first-order valence-corrected chi connectivity index (χ1v) is 6.20. The molecule has 0 radical (unpaired) electrons. The molecular weight excluding hydrogens is 249 g/mol. The van der Waals surface area contributed by atoms with E-state index >= 15 is 0 Å². The lowest BCUT2D eigenvalue weighted by atomic mass is 10.1. The van der Waals surface area contributed by atoms with E-state index in [2.05, 4.69) is 5.32 Å². The molecule has 0 saturated carbocycles. The summed E-state index contributed by atoms with van der Waals surface area (Å²) in [5.41, 5.74) is 7.02. The Morgan fingerprint density at radius 1 is 1.63 bits per heavy atom. The van der Waals surface area contributed by atoms with Gasteiger partial charge in [0, 0.05) is 18.8 Å². The first kappa shape index (κ1) is 13.8. The van der Waals surface area contributed by atoms with Gasteiger partial charge in [-0.2, -0.15) is 0 Å². The van der Waals surface area contributed by atoms with Crippen molar-refractivity contribution >= 4 is 11.6 Å². The van der Waals surface area contributed by atoms with Crippen LogP contribution in [0.15, 0.2) is 18.2 Å². The van der Waals surface area contributed by atoms with Crippen molar-refractivity contribution in [2.75, 3.05) is 31.7 Å². The maximum atomic E-state index is 13.3. The SMILES string of the molecule is CNCc1cc(F)ccc1N1CCOCC1C(N)=O. The van der Waals surface area contributed by atoms with Gasteiger partial charge in [0.1, 0.15) is 11.9 Å². The topological polar surface area (TPSA) is 67.6 Å². The molecule has 0 aromatic heterocycles. The predicted molar refractivity (Wildman–Crippen MR) is 70.3 cm³/mol. The molecule has 1 saturated heterocycles. The number of nitrogens with one attached hydrogen (secondary N) is 1. The van der Waals surface area contributed by atoms with Gasteiger partial charge in [0.25, 0.3) is 0 Å². The number of nitrogens with zero attached hydrogens (tertiary/aromatic N) is 1. The van der Waals surface area contributed by atoms with Crippen LogP contribution in [0, 0.1) is 5.82 Å². The number of nitrogens with two attached hydrogens (primary N) is 1. The van der Waals surface area contributed by atoms with Gasteiger partial charge in [-0.3, -0.25) is 4.79 Å². The van der Waals surface area contributed by atoms with Crippen LogP contribution >= 0.6 is 0 Å². The molecular formula is C13H18FN3O2. The first-order chi connectivity index (χ1) is 9.13. The Labute approximate surface area is 111 Å². The van der Waals surface area contributed by atoms with E-state index < -0.39 is 11.9 Å². The lowest BCUT2D eigenvalue weighted by Crippen LogP contribution is -2.53. The monoisotopic (exact) mass is 267 g/mol. The molecule has 3 N–H and O–H groups in total. The van der Waals surface area contributed by atoms with E-state index in [9.17, 15) is 9.18 Å².